The number of carbonyl (C=O) groups excluding carboxylic acids is 1. The van der Waals surface area contributed by atoms with E-state index < -0.39 is 6.16 Å². The number of aromatic nitrogens is 3. The Balaban J connectivity index is 0.00000288. The van der Waals surface area contributed by atoms with Gasteiger partial charge in [-0.1, -0.05) is 11.6 Å². The van der Waals surface area contributed by atoms with E-state index in [0.717, 1.165) is 12.2 Å². The lowest BCUT2D eigenvalue weighted by atomic mass is 10.3. The first-order valence-corrected chi connectivity index (χ1v) is 7.24. The number of nitrogens with one attached hydrogen (secondary N) is 1. The zero-order chi connectivity index (χ0) is 16.8. The molecule has 0 aliphatic heterocycles. The molecule has 2 aromatic rings. The summed E-state index contributed by atoms with van der Waals surface area (Å²) in [6, 6.07) is 7.04. The van der Waals surface area contributed by atoms with Gasteiger partial charge in [0.05, 0.1) is 13.7 Å². The molecule has 1 N–H and O–H groups in total. The highest BCUT2D eigenvalue weighted by Crippen LogP contribution is 2.24. The van der Waals surface area contributed by atoms with E-state index in [9.17, 15) is 4.79 Å². The average molecular weight is 376 g/mol. The van der Waals surface area contributed by atoms with Crippen LogP contribution in [-0.4, -0.2) is 53.8 Å². The minimum Gasteiger partial charge on any atom is -0.437 e. The van der Waals surface area contributed by atoms with E-state index in [1.54, 1.807) is 24.3 Å². The lowest BCUT2D eigenvalue weighted by Crippen LogP contribution is -2.19. The molecule has 0 radical (unpaired) electrons. The molecule has 0 aliphatic rings. The number of anilines is 2. The van der Waals surface area contributed by atoms with E-state index in [-0.39, 0.29) is 18.3 Å². The van der Waals surface area contributed by atoms with Gasteiger partial charge in [-0.05, 0) is 38.4 Å². The number of rotatable bonds is 6. The number of benzene rings is 1. The predicted octanol–water partition coefficient (Wildman–Crippen LogP) is 2.80. The molecule has 0 spiro atoms. The summed E-state index contributed by atoms with van der Waals surface area (Å²) in [5.74, 6) is 0.363. The third kappa shape index (κ3) is 5.88. The van der Waals surface area contributed by atoms with Gasteiger partial charge in [0.2, 0.25) is 5.82 Å². The number of methoxy groups -OCH3 is 1. The van der Waals surface area contributed by atoms with Crippen LogP contribution in [0, 0.1) is 0 Å². The van der Waals surface area contributed by atoms with Gasteiger partial charge in [0.15, 0.2) is 0 Å². The molecule has 0 fully saturated rings. The number of nitrogens with zero attached hydrogens (tertiary/aromatic N) is 4. The van der Waals surface area contributed by atoms with Crippen LogP contribution in [0.25, 0.3) is 0 Å². The summed E-state index contributed by atoms with van der Waals surface area (Å²) >= 11 is 5.86. The first-order valence-electron chi connectivity index (χ1n) is 6.86. The Morgan fingerprint density at radius 1 is 1.29 bits per heavy atom. The Hall–Kier alpha value is -2.03. The van der Waals surface area contributed by atoms with Crippen LogP contribution in [0.2, 0.25) is 5.02 Å². The van der Waals surface area contributed by atoms with Crippen molar-refractivity contribution in [2.75, 3.05) is 33.1 Å². The number of likely N-dealkylation sites (N-methyl/N-ethyl adjacent to an activating group) is 1. The van der Waals surface area contributed by atoms with Gasteiger partial charge in [-0.2, -0.15) is 4.80 Å². The minimum absolute atomic E-state index is 0. The normalized spacial score (nSPS) is 10.2. The average Bonchev–Trinajstić information content (AvgIpc) is 2.89. The molecule has 0 unspecified atom stereocenters. The van der Waals surface area contributed by atoms with Crippen LogP contribution < -0.4 is 10.1 Å². The van der Waals surface area contributed by atoms with Crippen molar-refractivity contribution in [3.63, 3.8) is 0 Å². The molecule has 0 bridgehead atoms. The van der Waals surface area contributed by atoms with Crippen LogP contribution >= 0.6 is 24.0 Å². The molecule has 132 valence electrons. The summed E-state index contributed by atoms with van der Waals surface area (Å²) in [4.78, 5) is 14.8. The molecule has 10 heteroatoms. The highest BCUT2D eigenvalue weighted by atomic mass is 35.5. The second-order valence-electron chi connectivity index (χ2n) is 4.94. The maximum Gasteiger partial charge on any atom is 0.515 e. The second-order valence-corrected chi connectivity index (χ2v) is 5.38. The van der Waals surface area contributed by atoms with Gasteiger partial charge >= 0.3 is 6.16 Å². The highest BCUT2D eigenvalue weighted by Gasteiger charge is 2.17. The SMILES string of the molecule is COC(=O)Oc1nn(CCN(C)C)nc1Nc1ccc(Cl)cc1.Cl. The van der Waals surface area contributed by atoms with Gasteiger partial charge in [-0.25, -0.2) is 4.79 Å². The smallest absolute Gasteiger partial charge is 0.437 e. The Morgan fingerprint density at radius 2 is 1.96 bits per heavy atom. The van der Waals surface area contributed by atoms with Crippen molar-refractivity contribution >= 4 is 41.7 Å². The Bertz CT molecular complexity index is 661. The van der Waals surface area contributed by atoms with Crippen molar-refractivity contribution in [3.8, 4) is 5.88 Å². The van der Waals surface area contributed by atoms with Gasteiger partial charge < -0.3 is 19.7 Å². The van der Waals surface area contributed by atoms with Gasteiger partial charge in [0, 0.05) is 17.3 Å². The van der Waals surface area contributed by atoms with Crippen molar-refractivity contribution in [1.82, 2.24) is 19.9 Å². The van der Waals surface area contributed by atoms with Crippen LogP contribution in [0.5, 0.6) is 5.88 Å². The van der Waals surface area contributed by atoms with Crippen molar-refractivity contribution in [1.29, 1.82) is 0 Å². The molecule has 2 rings (SSSR count). The maximum atomic E-state index is 11.3. The lowest BCUT2D eigenvalue weighted by Gasteiger charge is -2.07. The Kier molecular flexibility index (Phi) is 7.76. The zero-order valence-corrected chi connectivity index (χ0v) is 15.1. The number of ether oxygens (including phenoxy) is 2. The quantitative estimate of drug-likeness (QED) is 0.777. The maximum absolute atomic E-state index is 11.3. The van der Waals surface area contributed by atoms with Crippen LogP contribution in [-0.2, 0) is 11.3 Å². The largest absolute Gasteiger partial charge is 0.515 e. The molecule has 0 amide bonds. The predicted molar refractivity (Wildman–Crippen MR) is 93.6 cm³/mol. The topological polar surface area (TPSA) is 81.5 Å². The van der Waals surface area contributed by atoms with E-state index in [1.165, 1.54) is 11.9 Å². The summed E-state index contributed by atoms with van der Waals surface area (Å²) in [6.45, 7) is 1.29. The molecule has 1 heterocycles. The van der Waals surface area contributed by atoms with Crippen LogP contribution in [0.1, 0.15) is 0 Å². The molecular formula is C14H19Cl2N5O3. The first-order chi connectivity index (χ1) is 11.0. The van der Waals surface area contributed by atoms with E-state index in [0.29, 0.717) is 17.4 Å². The van der Waals surface area contributed by atoms with Crippen LogP contribution in [0.15, 0.2) is 24.3 Å². The molecule has 0 saturated carbocycles. The van der Waals surface area contributed by atoms with Gasteiger partial charge in [0.25, 0.3) is 5.88 Å². The second kappa shape index (κ2) is 9.31. The number of hydrogen-bond donors (Lipinski definition) is 1. The summed E-state index contributed by atoms with van der Waals surface area (Å²) in [7, 11) is 5.12. The van der Waals surface area contributed by atoms with E-state index in [4.69, 9.17) is 16.3 Å². The van der Waals surface area contributed by atoms with Crippen molar-refractivity contribution < 1.29 is 14.3 Å². The van der Waals surface area contributed by atoms with Gasteiger partial charge in [0.1, 0.15) is 0 Å². The van der Waals surface area contributed by atoms with Crippen LogP contribution in [0.3, 0.4) is 0 Å². The monoisotopic (exact) mass is 375 g/mol. The molecule has 1 aromatic carbocycles. The first kappa shape index (κ1) is 20.0. The third-order valence-electron chi connectivity index (χ3n) is 2.83. The number of carbonyl (C=O) groups is 1. The Morgan fingerprint density at radius 3 is 2.54 bits per heavy atom. The Labute approximate surface area is 151 Å². The van der Waals surface area contributed by atoms with E-state index in [2.05, 4.69) is 20.3 Å². The van der Waals surface area contributed by atoms with Crippen molar-refractivity contribution in [3.05, 3.63) is 29.3 Å². The minimum atomic E-state index is -0.858. The fraction of sp³-hybridized carbons (Fsp3) is 0.357. The number of hydrogen-bond acceptors (Lipinski definition) is 7. The molecule has 24 heavy (non-hydrogen) atoms. The zero-order valence-electron chi connectivity index (χ0n) is 13.5. The lowest BCUT2D eigenvalue weighted by molar-refractivity contribution is 0.119. The van der Waals surface area contributed by atoms with Gasteiger partial charge in [-0.15, -0.1) is 22.6 Å². The summed E-state index contributed by atoms with van der Waals surface area (Å²) < 4.78 is 9.51. The van der Waals surface area contributed by atoms with Gasteiger partial charge in [-0.3, -0.25) is 0 Å². The molecular weight excluding hydrogens is 357 g/mol. The molecule has 0 saturated heterocycles. The number of halogens is 2. The standard InChI is InChI=1S/C14H18ClN5O3.ClH/c1-19(2)8-9-20-17-12(13(18-20)23-14(21)22-3)16-11-6-4-10(15)5-7-11;/h4-7H,8-9H2,1-3H3,(H,16,17);1H. The molecule has 1 aromatic heterocycles. The summed E-state index contributed by atoms with van der Waals surface area (Å²) in [5, 5.41) is 12.1. The molecule has 0 atom stereocenters. The fourth-order valence-electron chi connectivity index (χ4n) is 1.66. The van der Waals surface area contributed by atoms with Crippen LogP contribution in [0.4, 0.5) is 16.3 Å². The van der Waals surface area contributed by atoms with E-state index >= 15 is 0 Å². The third-order valence-corrected chi connectivity index (χ3v) is 3.08. The summed E-state index contributed by atoms with van der Waals surface area (Å²) in [6.07, 6.45) is -0.858. The van der Waals surface area contributed by atoms with Crippen molar-refractivity contribution in [2.45, 2.75) is 6.54 Å². The fourth-order valence-corrected chi connectivity index (χ4v) is 1.79. The summed E-state index contributed by atoms with van der Waals surface area (Å²) in [5.41, 5.74) is 0.740. The van der Waals surface area contributed by atoms with Crippen molar-refractivity contribution in [2.24, 2.45) is 0 Å². The molecule has 0 aliphatic carbocycles. The highest BCUT2D eigenvalue weighted by molar-refractivity contribution is 6.30. The molecule has 8 nitrogen and oxygen atoms in total. The van der Waals surface area contributed by atoms with E-state index in [1.807, 2.05) is 19.0 Å².